The number of nitrogens with zero attached hydrogens (tertiary/aromatic N) is 2. The quantitative estimate of drug-likeness (QED) is 0.464. The average molecular weight is 515 g/mol. The first-order valence-electron chi connectivity index (χ1n) is 13.0. The lowest BCUT2D eigenvalue weighted by Crippen LogP contribution is -2.75. The van der Waals surface area contributed by atoms with Crippen LogP contribution < -0.4 is 10.6 Å². The number of hydrogen-bond acceptors (Lipinski definition) is 6. The molecule has 1 aromatic rings. The van der Waals surface area contributed by atoms with Crippen molar-refractivity contribution in [3.05, 3.63) is 48.6 Å². The molecule has 0 saturated carbocycles. The number of carbonyl (C=O) groups is 4. The van der Waals surface area contributed by atoms with E-state index in [4.69, 9.17) is 9.47 Å². The summed E-state index contributed by atoms with van der Waals surface area (Å²) in [4.78, 5) is 55.4. The molecule has 2 aliphatic heterocycles. The van der Waals surface area contributed by atoms with Crippen LogP contribution in [0.15, 0.2) is 43.0 Å². The van der Waals surface area contributed by atoms with E-state index in [1.165, 1.54) is 6.08 Å². The van der Waals surface area contributed by atoms with E-state index in [2.05, 4.69) is 17.2 Å². The smallest absolute Gasteiger partial charge is 0.410 e. The highest BCUT2D eigenvalue weighted by Gasteiger charge is 2.55. The zero-order chi connectivity index (χ0) is 26.8. The Hall–Kier alpha value is -3.56. The number of likely N-dealkylation sites (tertiary alicyclic amines) is 1. The van der Waals surface area contributed by atoms with Crippen molar-refractivity contribution < 1.29 is 28.7 Å². The summed E-state index contributed by atoms with van der Waals surface area (Å²) < 4.78 is 10.5. The van der Waals surface area contributed by atoms with Crippen molar-refractivity contribution in [2.45, 2.75) is 70.2 Å². The van der Waals surface area contributed by atoms with E-state index in [-0.39, 0.29) is 25.0 Å². The molecule has 0 aromatic heterocycles. The number of ether oxygens (including phenoxy) is 2. The van der Waals surface area contributed by atoms with Gasteiger partial charge in [0.05, 0.1) is 6.04 Å². The Morgan fingerprint density at radius 1 is 1.16 bits per heavy atom. The Bertz CT molecular complexity index is 961. The van der Waals surface area contributed by atoms with Gasteiger partial charge in [-0.1, -0.05) is 63.3 Å². The van der Waals surface area contributed by atoms with Gasteiger partial charge in [0.25, 0.3) is 0 Å². The molecular formula is C27H38N4O6. The van der Waals surface area contributed by atoms with Crippen LogP contribution in [0.3, 0.4) is 0 Å². The van der Waals surface area contributed by atoms with Crippen molar-refractivity contribution in [1.82, 2.24) is 20.4 Å². The molecule has 2 fully saturated rings. The van der Waals surface area contributed by atoms with E-state index >= 15 is 0 Å². The van der Waals surface area contributed by atoms with E-state index in [9.17, 15) is 19.2 Å². The standard InChI is InChI=1S/C27H38N4O6/c1-4-10-21(28-25(34)37-19-20-11-8-7-9-12-20)22-23(32)31(15-5-2)27(24(33)29-22)13-16-30(17-14-27)26(35)36-18-6-3/h6-9,11-12,21-22H,3-5,10,13-19H2,1-2H3,(H,28,34)(H,29,33)/t21-,22-/m0/s1. The van der Waals surface area contributed by atoms with E-state index in [1.807, 2.05) is 44.2 Å². The molecule has 10 heteroatoms. The van der Waals surface area contributed by atoms with Crippen molar-refractivity contribution in [3.8, 4) is 0 Å². The number of rotatable bonds is 10. The number of benzene rings is 1. The molecule has 2 heterocycles. The predicted molar refractivity (Wildman–Crippen MR) is 137 cm³/mol. The largest absolute Gasteiger partial charge is 0.445 e. The fraction of sp³-hybridized carbons (Fsp3) is 0.556. The van der Waals surface area contributed by atoms with Crippen LogP contribution in [0.5, 0.6) is 0 Å². The molecular weight excluding hydrogens is 476 g/mol. The molecule has 3 rings (SSSR count). The molecule has 202 valence electrons. The summed E-state index contributed by atoms with van der Waals surface area (Å²) in [7, 11) is 0. The van der Waals surface area contributed by atoms with Crippen LogP contribution in [-0.4, -0.2) is 77.7 Å². The summed E-state index contributed by atoms with van der Waals surface area (Å²) in [5.41, 5.74) is -0.189. The van der Waals surface area contributed by atoms with Gasteiger partial charge in [-0.25, -0.2) is 9.59 Å². The summed E-state index contributed by atoms with van der Waals surface area (Å²) in [5, 5.41) is 5.71. The summed E-state index contributed by atoms with van der Waals surface area (Å²) in [5.74, 6) is -0.490. The van der Waals surface area contributed by atoms with E-state index in [0.717, 1.165) is 5.56 Å². The molecule has 2 N–H and O–H groups in total. The van der Waals surface area contributed by atoms with Crippen LogP contribution in [0.4, 0.5) is 9.59 Å². The highest BCUT2D eigenvalue weighted by Crippen LogP contribution is 2.34. The number of nitrogens with one attached hydrogen (secondary N) is 2. The van der Waals surface area contributed by atoms with Crippen LogP contribution >= 0.6 is 0 Å². The molecule has 2 atom stereocenters. The predicted octanol–water partition coefficient (Wildman–Crippen LogP) is 2.98. The monoisotopic (exact) mass is 514 g/mol. The Kier molecular flexibility index (Phi) is 9.93. The first-order chi connectivity index (χ1) is 17.9. The average Bonchev–Trinajstić information content (AvgIpc) is 2.91. The second-order valence-corrected chi connectivity index (χ2v) is 9.43. The van der Waals surface area contributed by atoms with Crippen LogP contribution in [0.25, 0.3) is 0 Å². The van der Waals surface area contributed by atoms with Gasteiger partial charge in [-0.05, 0) is 31.2 Å². The summed E-state index contributed by atoms with van der Waals surface area (Å²) in [6.45, 7) is 8.66. The number of carbonyl (C=O) groups excluding carboxylic acids is 4. The molecule has 37 heavy (non-hydrogen) atoms. The highest BCUT2D eigenvalue weighted by atomic mass is 16.6. The Morgan fingerprint density at radius 3 is 2.49 bits per heavy atom. The van der Waals surface area contributed by atoms with Crippen molar-refractivity contribution in [2.24, 2.45) is 0 Å². The Labute approximate surface area is 218 Å². The minimum Gasteiger partial charge on any atom is -0.445 e. The van der Waals surface area contributed by atoms with Crippen molar-refractivity contribution in [2.75, 3.05) is 26.2 Å². The van der Waals surface area contributed by atoms with Crippen molar-refractivity contribution >= 4 is 24.0 Å². The van der Waals surface area contributed by atoms with E-state index in [0.29, 0.717) is 51.7 Å². The first-order valence-corrected chi connectivity index (χ1v) is 13.0. The van der Waals surface area contributed by atoms with Crippen LogP contribution in [0.1, 0.15) is 51.5 Å². The van der Waals surface area contributed by atoms with Crippen molar-refractivity contribution in [3.63, 3.8) is 0 Å². The summed E-state index contributed by atoms with van der Waals surface area (Å²) in [6, 6.07) is 7.80. The number of alkyl carbamates (subject to hydrolysis) is 1. The van der Waals surface area contributed by atoms with Gasteiger partial charge >= 0.3 is 12.2 Å². The van der Waals surface area contributed by atoms with Gasteiger partial charge in [0, 0.05) is 19.6 Å². The van der Waals surface area contributed by atoms with E-state index < -0.39 is 29.8 Å². The van der Waals surface area contributed by atoms with Gasteiger partial charge in [0.2, 0.25) is 11.8 Å². The second-order valence-electron chi connectivity index (χ2n) is 9.43. The molecule has 1 spiro atoms. The second kappa shape index (κ2) is 13.1. The SMILES string of the molecule is C=CCOC(=O)N1CCC2(CC1)C(=O)N[C@@H]([C@H](CCC)NC(=O)OCc1ccccc1)C(=O)N2CCC. The molecule has 0 aliphatic carbocycles. The number of amides is 4. The maximum atomic E-state index is 13.8. The molecule has 10 nitrogen and oxygen atoms in total. The molecule has 2 aliphatic rings. The lowest BCUT2D eigenvalue weighted by molar-refractivity contribution is -0.161. The zero-order valence-corrected chi connectivity index (χ0v) is 21.7. The maximum absolute atomic E-state index is 13.8. The van der Waals surface area contributed by atoms with Gasteiger partial charge in [0.1, 0.15) is 24.8 Å². The molecule has 0 bridgehead atoms. The van der Waals surface area contributed by atoms with Crippen LogP contribution in [0.2, 0.25) is 0 Å². The third-order valence-corrected chi connectivity index (χ3v) is 6.90. The van der Waals surface area contributed by atoms with Crippen LogP contribution in [-0.2, 0) is 25.7 Å². The van der Waals surface area contributed by atoms with Gasteiger partial charge in [-0.15, -0.1) is 0 Å². The lowest BCUT2D eigenvalue weighted by Gasteiger charge is -2.52. The van der Waals surface area contributed by atoms with Gasteiger partial charge in [-0.2, -0.15) is 0 Å². The molecule has 0 unspecified atom stereocenters. The third-order valence-electron chi connectivity index (χ3n) is 6.90. The first kappa shape index (κ1) is 28.0. The minimum absolute atomic E-state index is 0.104. The topological polar surface area (TPSA) is 117 Å². The maximum Gasteiger partial charge on any atom is 0.410 e. The lowest BCUT2D eigenvalue weighted by atomic mass is 9.80. The number of hydrogen-bond donors (Lipinski definition) is 2. The third kappa shape index (κ3) is 6.61. The number of piperazine rings is 1. The summed E-state index contributed by atoms with van der Waals surface area (Å²) in [6.07, 6.45) is 2.88. The van der Waals surface area contributed by atoms with Gasteiger partial charge in [0.15, 0.2) is 0 Å². The minimum atomic E-state index is -1.04. The zero-order valence-electron chi connectivity index (χ0n) is 21.7. The van der Waals surface area contributed by atoms with Crippen LogP contribution in [0, 0.1) is 0 Å². The fourth-order valence-electron chi connectivity index (χ4n) is 4.99. The molecule has 0 radical (unpaired) electrons. The summed E-state index contributed by atoms with van der Waals surface area (Å²) >= 11 is 0. The number of piperidine rings is 1. The fourth-order valence-corrected chi connectivity index (χ4v) is 4.99. The molecule has 1 aromatic carbocycles. The molecule has 4 amide bonds. The highest BCUT2D eigenvalue weighted by molar-refractivity contribution is 6.00. The van der Waals surface area contributed by atoms with Gasteiger partial charge < -0.3 is 29.9 Å². The van der Waals surface area contributed by atoms with Gasteiger partial charge in [-0.3, -0.25) is 9.59 Å². The normalized spacial score (nSPS) is 19.7. The Morgan fingerprint density at radius 2 is 1.86 bits per heavy atom. The van der Waals surface area contributed by atoms with E-state index in [1.54, 1.807) is 9.80 Å². The van der Waals surface area contributed by atoms with Crippen molar-refractivity contribution in [1.29, 1.82) is 0 Å². The Balaban J connectivity index is 1.70. The molecule has 2 saturated heterocycles.